The van der Waals surface area contributed by atoms with Gasteiger partial charge in [0, 0.05) is 11.6 Å². The lowest BCUT2D eigenvalue weighted by Crippen LogP contribution is -2.19. The zero-order valence-electron chi connectivity index (χ0n) is 17.8. The smallest absolute Gasteiger partial charge is 0.307 e. The number of allylic oxidation sites excluding steroid dienone is 1. The van der Waals surface area contributed by atoms with Crippen LogP contribution in [0.2, 0.25) is 0 Å². The maximum absolute atomic E-state index is 14.5. The van der Waals surface area contributed by atoms with Gasteiger partial charge in [0.1, 0.15) is 5.82 Å². The van der Waals surface area contributed by atoms with Crippen LogP contribution in [0, 0.1) is 24.4 Å². The lowest BCUT2D eigenvalue weighted by molar-refractivity contribution is -0.143. The minimum atomic E-state index is -1.09. The molecule has 31 heavy (non-hydrogen) atoms. The zero-order chi connectivity index (χ0) is 22.3. The molecule has 0 spiro atoms. The average Bonchev–Trinajstić information content (AvgIpc) is 2.67. The number of unbranched alkanes of at least 4 members (excludes halogenated alkanes) is 2. The first-order valence-corrected chi connectivity index (χ1v) is 10.1. The third kappa shape index (κ3) is 7.11. The number of hydrogen-bond donors (Lipinski definition) is 1. The maximum atomic E-state index is 14.5. The van der Waals surface area contributed by atoms with E-state index in [4.69, 9.17) is 10.5 Å². The molecule has 2 aromatic rings. The number of esters is 1. The van der Waals surface area contributed by atoms with Crippen LogP contribution in [0.1, 0.15) is 55.3 Å². The van der Waals surface area contributed by atoms with E-state index < -0.39 is 23.6 Å². The summed E-state index contributed by atoms with van der Waals surface area (Å²) >= 11 is 0. The van der Waals surface area contributed by atoms with Gasteiger partial charge in [-0.05, 0) is 86.1 Å². The molecule has 0 saturated heterocycles. The van der Waals surface area contributed by atoms with Crippen molar-refractivity contribution in [2.75, 3.05) is 6.61 Å². The van der Waals surface area contributed by atoms with Crippen LogP contribution in [-0.4, -0.2) is 12.6 Å². The topological polar surface area (TPSA) is 52.3 Å². The predicted molar refractivity (Wildman–Crippen MR) is 120 cm³/mol. The van der Waals surface area contributed by atoms with Gasteiger partial charge in [0.05, 0.1) is 13.0 Å². The minimum Gasteiger partial charge on any atom is -0.466 e. The van der Waals surface area contributed by atoms with Gasteiger partial charge in [0.15, 0.2) is 11.6 Å². The highest BCUT2D eigenvalue weighted by Gasteiger charge is 2.22. The van der Waals surface area contributed by atoms with Crippen molar-refractivity contribution in [3.63, 3.8) is 0 Å². The molecule has 0 heterocycles. The Labute approximate surface area is 187 Å². The Balaban J connectivity index is 0.00000480. The number of ether oxygens (including phenoxy) is 1. The second kappa shape index (κ2) is 12.5. The van der Waals surface area contributed by atoms with Crippen LogP contribution in [0.15, 0.2) is 36.9 Å². The van der Waals surface area contributed by atoms with Gasteiger partial charge in [-0.25, -0.2) is 13.2 Å². The zero-order valence-corrected chi connectivity index (χ0v) is 18.7. The molecule has 0 aliphatic rings. The molecule has 0 unspecified atom stereocenters. The van der Waals surface area contributed by atoms with Gasteiger partial charge >= 0.3 is 5.97 Å². The van der Waals surface area contributed by atoms with Gasteiger partial charge in [-0.3, -0.25) is 4.79 Å². The standard InChI is InChI=1S/C24H28F3NO2.ClH/c1-4-6-7-8-9-16-11-18(25)10-15(3)23(16)17-12-19(24(27)20(26)13-17)21(28)14-22(29)30-5-2;/h4,10-13,21H,1,5-9,14,28H2,2-3H3;1H/t21-;/m0./s1. The Morgan fingerprint density at radius 2 is 1.90 bits per heavy atom. The van der Waals surface area contributed by atoms with E-state index in [9.17, 15) is 18.0 Å². The molecule has 0 aliphatic heterocycles. The van der Waals surface area contributed by atoms with Crippen LogP contribution in [0.5, 0.6) is 0 Å². The van der Waals surface area contributed by atoms with Crippen molar-refractivity contribution in [3.8, 4) is 11.1 Å². The Hall–Kier alpha value is -2.31. The van der Waals surface area contributed by atoms with E-state index >= 15 is 0 Å². The molecule has 2 N–H and O–H groups in total. The molecular weight excluding hydrogens is 427 g/mol. The van der Waals surface area contributed by atoms with Gasteiger partial charge in [-0.15, -0.1) is 19.0 Å². The van der Waals surface area contributed by atoms with Crippen LogP contribution >= 0.6 is 12.4 Å². The summed E-state index contributed by atoms with van der Waals surface area (Å²) in [5.74, 6) is -3.13. The number of hydrogen-bond acceptors (Lipinski definition) is 3. The lowest BCUT2D eigenvalue weighted by Gasteiger charge is -2.18. The van der Waals surface area contributed by atoms with Gasteiger partial charge < -0.3 is 10.5 Å². The van der Waals surface area contributed by atoms with Crippen molar-refractivity contribution in [1.82, 2.24) is 0 Å². The molecule has 2 aromatic carbocycles. The van der Waals surface area contributed by atoms with E-state index in [1.165, 1.54) is 18.2 Å². The highest BCUT2D eigenvalue weighted by molar-refractivity contribution is 5.85. The number of carbonyl (C=O) groups is 1. The molecule has 2 rings (SSSR count). The summed E-state index contributed by atoms with van der Waals surface area (Å²) in [6.07, 6.45) is 4.69. The van der Waals surface area contributed by atoms with Crippen molar-refractivity contribution < 1.29 is 22.7 Å². The Morgan fingerprint density at radius 1 is 1.19 bits per heavy atom. The van der Waals surface area contributed by atoms with E-state index in [1.54, 1.807) is 13.8 Å². The van der Waals surface area contributed by atoms with Crippen molar-refractivity contribution in [3.05, 3.63) is 71.1 Å². The summed E-state index contributed by atoms with van der Waals surface area (Å²) in [7, 11) is 0. The van der Waals surface area contributed by atoms with E-state index in [-0.39, 0.29) is 36.8 Å². The van der Waals surface area contributed by atoms with Crippen molar-refractivity contribution >= 4 is 18.4 Å². The summed E-state index contributed by atoms with van der Waals surface area (Å²) in [5.41, 5.74) is 8.25. The molecule has 7 heteroatoms. The third-order valence-electron chi connectivity index (χ3n) is 4.92. The summed E-state index contributed by atoms with van der Waals surface area (Å²) < 4.78 is 47.8. The normalized spacial score (nSPS) is 11.5. The van der Waals surface area contributed by atoms with Crippen LogP contribution in [0.25, 0.3) is 11.1 Å². The largest absolute Gasteiger partial charge is 0.466 e. The van der Waals surface area contributed by atoms with Crippen LogP contribution in [0.3, 0.4) is 0 Å². The summed E-state index contributed by atoms with van der Waals surface area (Å²) in [4.78, 5) is 11.7. The highest BCUT2D eigenvalue weighted by Crippen LogP contribution is 2.34. The third-order valence-corrected chi connectivity index (χ3v) is 4.92. The minimum absolute atomic E-state index is 0. The first-order chi connectivity index (χ1) is 14.3. The maximum Gasteiger partial charge on any atom is 0.307 e. The van der Waals surface area contributed by atoms with Crippen LogP contribution in [0.4, 0.5) is 13.2 Å². The SMILES string of the molecule is C=CCCCCc1cc(F)cc(C)c1-c1cc(F)c(F)c([C@@H](N)CC(=O)OCC)c1.Cl. The molecule has 3 nitrogen and oxygen atoms in total. The van der Waals surface area contributed by atoms with Gasteiger partial charge in [0.2, 0.25) is 0 Å². The number of rotatable bonds is 10. The molecular formula is C24H29ClF3NO2. The fourth-order valence-corrected chi connectivity index (χ4v) is 3.56. The highest BCUT2D eigenvalue weighted by atomic mass is 35.5. The predicted octanol–water partition coefficient (Wildman–Crippen LogP) is 6.35. The Kier molecular flexibility index (Phi) is 10.8. The second-order valence-electron chi connectivity index (χ2n) is 7.27. The van der Waals surface area contributed by atoms with Gasteiger partial charge in [-0.2, -0.15) is 0 Å². The average molecular weight is 456 g/mol. The van der Waals surface area contributed by atoms with E-state index in [0.717, 1.165) is 25.3 Å². The molecule has 1 atom stereocenters. The first kappa shape index (κ1) is 26.7. The fourth-order valence-electron chi connectivity index (χ4n) is 3.56. The number of halogens is 4. The van der Waals surface area contributed by atoms with E-state index in [2.05, 4.69) is 6.58 Å². The lowest BCUT2D eigenvalue weighted by atomic mass is 9.89. The molecule has 0 amide bonds. The molecule has 0 bridgehead atoms. The van der Waals surface area contributed by atoms with Gasteiger partial charge in [-0.1, -0.05) is 6.08 Å². The molecule has 0 saturated carbocycles. The van der Waals surface area contributed by atoms with Crippen molar-refractivity contribution in [2.45, 2.75) is 52.0 Å². The molecule has 0 radical (unpaired) electrons. The molecule has 170 valence electrons. The quantitative estimate of drug-likeness (QED) is 0.258. The van der Waals surface area contributed by atoms with E-state index in [0.29, 0.717) is 28.7 Å². The summed E-state index contributed by atoms with van der Waals surface area (Å²) in [6.45, 7) is 7.24. The number of carbonyl (C=O) groups excluding carboxylic acids is 1. The fraction of sp³-hybridized carbons (Fsp3) is 0.375. The monoisotopic (exact) mass is 455 g/mol. The van der Waals surface area contributed by atoms with Crippen molar-refractivity contribution in [1.29, 1.82) is 0 Å². The van der Waals surface area contributed by atoms with Gasteiger partial charge in [0.25, 0.3) is 0 Å². The first-order valence-electron chi connectivity index (χ1n) is 10.1. The van der Waals surface area contributed by atoms with Crippen LogP contribution < -0.4 is 5.73 Å². The van der Waals surface area contributed by atoms with Crippen LogP contribution in [-0.2, 0) is 16.0 Å². The molecule has 0 aromatic heterocycles. The number of aryl methyl sites for hydroxylation is 2. The Bertz CT molecular complexity index is 918. The number of benzene rings is 2. The molecule has 0 fully saturated rings. The second-order valence-corrected chi connectivity index (χ2v) is 7.27. The van der Waals surface area contributed by atoms with E-state index in [1.807, 2.05) is 6.08 Å². The number of nitrogens with two attached hydrogens (primary N) is 1. The van der Waals surface area contributed by atoms with Crippen molar-refractivity contribution in [2.24, 2.45) is 5.73 Å². The summed E-state index contributed by atoms with van der Waals surface area (Å²) in [6, 6.07) is 4.26. The molecule has 0 aliphatic carbocycles. The summed E-state index contributed by atoms with van der Waals surface area (Å²) in [5, 5.41) is 0. The Morgan fingerprint density at radius 3 is 2.55 bits per heavy atom.